The third-order valence-electron chi connectivity index (χ3n) is 7.54. The molecule has 0 aliphatic carbocycles. The zero-order valence-electron chi connectivity index (χ0n) is 21.4. The number of pyridine rings is 1. The third-order valence-corrected chi connectivity index (χ3v) is 9.65. The van der Waals surface area contributed by atoms with Gasteiger partial charge in [-0.1, -0.05) is 11.6 Å². The van der Waals surface area contributed by atoms with Crippen LogP contribution in [0.1, 0.15) is 12.0 Å². The molecule has 4 heterocycles. The molecule has 1 N–H and O–H groups in total. The van der Waals surface area contributed by atoms with E-state index in [1.807, 2.05) is 7.05 Å². The number of aromatic nitrogens is 1. The van der Waals surface area contributed by atoms with Crippen molar-refractivity contribution in [3.63, 3.8) is 0 Å². The number of amides is 1. The molecule has 3 aliphatic rings. The van der Waals surface area contributed by atoms with E-state index < -0.39 is 21.8 Å². The summed E-state index contributed by atoms with van der Waals surface area (Å²) in [4.78, 5) is 22.4. The van der Waals surface area contributed by atoms with Gasteiger partial charge in [0.25, 0.3) is 0 Å². The summed E-state index contributed by atoms with van der Waals surface area (Å²) in [6, 6.07) is 8.49. The van der Waals surface area contributed by atoms with Gasteiger partial charge in [-0.3, -0.25) is 9.69 Å². The molecule has 1 aromatic carbocycles. The Morgan fingerprint density at radius 1 is 1.05 bits per heavy atom. The highest BCUT2D eigenvalue weighted by molar-refractivity contribution is 7.89. The number of rotatable bonds is 7. The standard InChI is InChI=1S/C25H30ClF3N6O3S/c1-30-19-15-32(16-19)13-17-10-24(36)35(14-17)20-2-4-21(5-3-20)39(37,38)34-8-6-33(7-9-34)23-12-18(25(27,28)29)11-22(26)31-23/h2-5,11-12,17,19,30H,6-10,13-16H2,1H3. The van der Waals surface area contributed by atoms with Gasteiger partial charge in [-0.15, -0.1) is 0 Å². The summed E-state index contributed by atoms with van der Waals surface area (Å²) in [5.74, 6) is 0.317. The van der Waals surface area contributed by atoms with E-state index in [1.54, 1.807) is 21.9 Å². The first kappa shape index (κ1) is 28.1. The van der Waals surface area contributed by atoms with Crippen LogP contribution in [0.2, 0.25) is 5.15 Å². The first-order valence-electron chi connectivity index (χ1n) is 12.7. The van der Waals surface area contributed by atoms with Crippen molar-refractivity contribution in [2.24, 2.45) is 5.92 Å². The number of nitrogens with zero attached hydrogens (tertiary/aromatic N) is 5. The molecule has 14 heteroatoms. The topological polar surface area (TPSA) is 89.1 Å². The van der Waals surface area contributed by atoms with Gasteiger partial charge in [0, 0.05) is 70.5 Å². The van der Waals surface area contributed by atoms with E-state index in [1.165, 1.54) is 16.4 Å². The van der Waals surface area contributed by atoms with Gasteiger partial charge < -0.3 is 15.1 Å². The maximum Gasteiger partial charge on any atom is 0.416 e. The van der Waals surface area contributed by atoms with Gasteiger partial charge in [-0.05, 0) is 49.4 Å². The third kappa shape index (κ3) is 6.02. The number of piperazine rings is 1. The normalized spacial score (nSPS) is 22.0. The summed E-state index contributed by atoms with van der Waals surface area (Å²) in [7, 11) is -1.88. The SMILES string of the molecule is CNC1CN(CC2CC(=O)N(c3ccc(S(=O)(=O)N4CCN(c5cc(C(F)(F)F)cc(Cl)n5)CC4)cc3)C2)C1. The Morgan fingerprint density at radius 3 is 2.33 bits per heavy atom. The number of hydrogen-bond acceptors (Lipinski definition) is 7. The number of carbonyl (C=O) groups excluding carboxylic acids is 1. The largest absolute Gasteiger partial charge is 0.416 e. The first-order valence-corrected chi connectivity index (χ1v) is 14.6. The van der Waals surface area contributed by atoms with Crippen LogP contribution >= 0.6 is 11.6 Å². The summed E-state index contributed by atoms with van der Waals surface area (Å²) in [5.41, 5.74) is -0.242. The molecule has 0 radical (unpaired) electrons. The Morgan fingerprint density at radius 2 is 1.72 bits per heavy atom. The minimum atomic E-state index is -4.57. The van der Waals surface area contributed by atoms with Gasteiger partial charge >= 0.3 is 6.18 Å². The monoisotopic (exact) mass is 586 g/mol. The lowest BCUT2D eigenvalue weighted by Crippen LogP contribution is -2.58. The molecule has 2 aromatic rings. The number of alkyl halides is 3. The number of nitrogens with one attached hydrogen (secondary N) is 1. The Balaban J connectivity index is 1.20. The highest BCUT2D eigenvalue weighted by Gasteiger charge is 2.36. The molecular weight excluding hydrogens is 557 g/mol. The molecular formula is C25H30ClF3N6O3S. The fourth-order valence-electron chi connectivity index (χ4n) is 5.33. The van der Waals surface area contributed by atoms with E-state index in [9.17, 15) is 26.4 Å². The number of benzene rings is 1. The fourth-order valence-corrected chi connectivity index (χ4v) is 6.96. The summed E-state index contributed by atoms with van der Waals surface area (Å²) < 4.78 is 67.3. The maximum atomic E-state index is 13.3. The van der Waals surface area contributed by atoms with Crippen molar-refractivity contribution in [3.05, 3.63) is 47.1 Å². The van der Waals surface area contributed by atoms with E-state index in [-0.39, 0.29) is 53.9 Å². The summed E-state index contributed by atoms with van der Waals surface area (Å²) in [6.45, 7) is 3.91. The highest BCUT2D eigenvalue weighted by Crippen LogP contribution is 2.33. The van der Waals surface area contributed by atoms with Crippen LogP contribution in [0.5, 0.6) is 0 Å². The molecule has 1 unspecified atom stereocenters. The van der Waals surface area contributed by atoms with Crippen LogP contribution < -0.4 is 15.1 Å². The number of carbonyl (C=O) groups is 1. The van der Waals surface area contributed by atoms with Gasteiger partial charge in [-0.2, -0.15) is 17.5 Å². The van der Waals surface area contributed by atoms with Crippen LogP contribution in [0.15, 0.2) is 41.3 Å². The number of hydrogen-bond donors (Lipinski definition) is 1. The quantitative estimate of drug-likeness (QED) is 0.499. The number of sulfonamides is 1. The van der Waals surface area contributed by atoms with Crippen LogP contribution in [0, 0.1) is 5.92 Å². The predicted octanol–water partition coefficient (Wildman–Crippen LogP) is 2.52. The van der Waals surface area contributed by atoms with E-state index in [4.69, 9.17) is 11.6 Å². The van der Waals surface area contributed by atoms with E-state index in [0.717, 1.165) is 31.8 Å². The van der Waals surface area contributed by atoms with Crippen molar-refractivity contribution in [1.82, 2.24) is 19.5 Å². The van der Waals surface area contributed by atoms with Crippen LogP contribution in [-0.2, 0) is 21.0 Å². The van der Waals surface area contributed by atoms with Crippen molar-refractivity contribution in [1.29, 1.82) is 0 Å². The molecule has 3 saturated heterocycles. The van der Waals surface area contributed by atoms with Crippen molar-refractivity contribution >= 4 is 39.0 Å². The minimum Gasteiger partial charge on any atom is -0.354 e. The maximum absolute atomic E-state index is 13.3. The average molecular weight is 587 g/mol. The van der Waals surface area contributed by atoms with E-state index in [2.05, 4.69) is 15.2 Å². The molecule has 1 aromatic heterocycles. The van der Waals surface area contributed by atoms with Gasteiger partial charge in [-0.25, -0.2) is 13.4 Å². The van der Waals surface area contributed by atoms with Crippen molar-refractivity contribution < 1.29 is 26.4 Å². The Kier molecular flexibility index (Phi) is 7.81. The molecule has 0 spiro atoms. The molecule has 9 nitrogen and oxygen atoms in total. The molecule has 0 bridgehead atoms. The lowest BCUT2D eigenvalue weighted by atomic mass is 10.0. The van der Waals surface area contributed by atoms with Crippen LogP contribution in [0.25, 0.3) is 0 Å². The smallest absolute Gasteiger partial charge is 0.354 e. The zero-order chi connectivity index (χ0) is 27.9. The average Bonchev–Trinajstić information content (AvgIpc) is 3.25. The van der Waals surface area contributed by atoms with Gasteiger partial charge in [0.2, 0.25) is 15.9 Å². The fraction of sp³-hybridized carbons (Fsp3) is 0.520. The molecule has 212 valence electrons. The second-order valence-corrected chi connectivity index (χ2v) is 12.5. The number of halogens is 4. The Hall–Kier alpha value is -2.45. The summed E-state index contributed by atoms with van der Waals surface area (Å²) in [6.07, 6.45) is -4.10. The molecule has 1 amide bonds. The number of likely N-dealkylation sites (tertiary alicyclic amines) is 1. The predicted molar refractivity (Wildman–Crippen MR) is 141 cm³/mol. The summed E-state index contributed by atoms with van der Waals surface area (Å²) in [5, 5.41) is 2.96. The van der Waals surface area contributed by atoms with E-state index >= 15 is 0 Å². The van der Waals surface area contributed by atoms with Crippen molar-refractivity contribution in [3.8, 4) is 0 Å². The van der Waals surface area contributed by atoms with Crippen LogP contribution in [-0.4, -0.2) is 94.0 Å². The Labute approximate surface area is 230 Å². The van der Waals surface area contributed by atoms with Crippen LogP contribution in [0.3, 0.4) is 0 Å². The van der Waals surface area contributed by atoms with Gasteiger partial charge in [0.1, 0.15) is 11.0 Å². The first-order chi connectivity index (χ1) is 18.4. The molecule has 0 saturated carbocycles. The molecule has 1 atom stereocenters. The van der Waals surface area contributed by atoms with Crippen LogP contribution in [0.4, 0.5) is 24.7 Å². The van der Waals surface area contributed by atoms with Gasteiger partial charge in [0.05, 0.1) is 10.5 Å². The highest BCUT2D eigenvalue weighted by atomic mass is 35.5. The molecule has 3 aliphatic heterocycles. The lowest BCUT2D eigenvalue weighted by Gasteiger charge is -2.40. The Bertz CT molecular complexity index is 1310. The molecule has 5 rings (SSSR count). The number of anilines is 2. The van der Waals surface area contributed by atoms with E-state index in [0.29, 0.717) is 24.7 Å². The number of likely N-dealkylation sites (N-methyl/N-ethyl adjacent to an activating group) is 1. The second-order valence-electron chi connectivity index (χ2n) is 10.2. The van der Waals surface area contributed by atoms with Crippen molar-refractivity contribution in [2.45, 2.75) is 23.5 Å². The molecule has 39 heavy (non-hydrogen) atoms. The minimum absolute atomic E-state index is 0.0284. The zero-order valence-corrected chi connectivity index (χ0v) is 22.9. The van der Waals surface area contributed by atoms with Gasteiger partial charge in [0.15, 0.2) is 0 Å². The van der Waals surface area contributed by atoms with Crippen molar-refractivity contribution in [2.75, 3.05) is 69.2 Å². The lowest BCUT2D eigenvalue weighted by molar-refractivity contribution is -0.137. The second kappa shape index (κ2) is 10.8. The molecule has 3 fully saturated rings. The summed E-state index contributed by atoms with van der Waals surface area (Å²) >= 11 is 5.80.